The van der Waals surface area contributed by atoms with E-state index < -0.39 is 0 Å². The van der Waals surface area contributed by atoms with Crippen molar-refractivity contribution in [1.82, 2.24) is 4.90 Å². The number of hydrogen-bond donors (Lipinski definition) is 0. The Labute approximate surface area is 111 Å². The molecule has 0 spiro atoms. The van der Waals surface area contributed by atoms with Gasteiger partial charge in [0.25, 0.3) is 0 Å². The zero-order chi connectivity index (χ0) is 13.8. The Kier molecular flexibility index (Phi) is 5.19. The summed E-state index contributed by atoms with van der Waals surface area (Å²) >= 11 is 0. The average Bonchev–Trinajstić information content (AvgIpc) is 2.27. The van der Waals surface area contributed by atoms with Crippen LogP contribution >= 0.6 is 0 Å². The van der Waals surface area contributed by atoms with Crippen LogP contribution in [0.5, 0.6) is 0 Å². The van der Waals surface area contributed by atoms with Crippen LogP contribution in [0.25, 0.3) is 0 Å². The number of carbonyl (C=O) groups is 1. The Morgan fingerprint density at radius 1 is 1.28 bits per heavy atom. The molecule has 1 rings (SSSR count). The molecule has 1 aliphatic rings. The molecule has 0 unspecified atom stereocenters. The quantitative estimate of drug-likeness (QED) is 0.771. The molecule has 18 heavy (non-hydrogen) atoms. The van der Waals surface area contributed by atoms with Crippen molar-refractivity contribution in [2.24, 2.45) is 11.3 Å². The fraction of sp³-hybridized carbons (Fsp3) is 0.867. The summed E-state index contributed by atoms with van der Waals surface area (Å²) in [5, 5.41) is 8.69. The van der Waals surface area contributed by atoms with Gasteiger partial charge in [-0.15, -0.1) is 0 Å². The van der Waals surface area contributed by atoms with E-state index in [0.29, 0.717) is 24.8 Å². The number of nitriles is 1. The average molecular weight is 250 g/mol. The minimum atomic E-state index is 0.0589. The van der Waals surface area contributed by atoms with E-state index in [0.717, 1.165) is 25.7 Å². The molecule has 0 saturated heterocycles. The van der Waals surface area contributed by atoms with Crippen LogP contribution < -0.4 is 0 Å². The second-order valence-electron chi connectivity index (χ2n) is 6.78. The topological polar surface area (TPSA) is 44.1 Å². The maximum absolute atomic E-state index is 12.1. The SMILES string of the molecule is CN(C(=O)CC(C)(C)C)C1CCC(CC#N)CC1. The molecule has 0 heterocycles. The van der Waals surface area contributed by atoms with E-state index in [4.69, 9.17) is 5.26 Å². The molecule has 0 aromatic heterocycles. The Morgan fingerprint density at radius 3 is 2.28 bits per heavy atom. The number of carbonyl (C=O) groups excluding carboxylic acids is 1. The van der Waals surface area contributed by atoms with Gasteiger partial charge in [-0.25, -0.2) is 0 Å². The van der Waals surface area contributed by atoms with Gasteiger partial charge in [-0.1, -0.05) is 20.8 Å². The predicted octanol–water partition coefficient (Wildman–Crippen LogP) is 3.35. The van der Waals surface area contributed by atoms with Crippen LogP contribution in [-0.2, 0) is 4.79 Å². The van der Waals surface area contributed by atoms with E-state index >= 15 is 0 Å². The second-order valence-corrected chi connectivity index (χ2v) is 6.78. The fourth-order valence-electron chi connectivity index (χ4n) is 2.65. The van der Waals surface area contributed by atoms with Gasteiger partial charge in [0, 0.05) is 25.9 Å². The van der Waals surface area contributed by atoms with Gasteiger partial charge in [-0.2, -0.15) is 5.26 Å². The highest BCUT2D eigenvalue weighted by Crippen LogP contribution is 2.30. The summed E-state index contributed by atoms with van der Waals surface area (Å²) in [5.74, 6) is 0.809. The van der Waals surface area contributed by atoms with Gasteiger partial charge in [0.2, 0.25) is 5.91 Å². The maximum atomic E-state index is 12.1. The van der Waals surface area contributed by atoms with E-state index in [2.05, 4.69) is 26.8 Å². The van der Waals surface area contributed by atoms with Gasteiger partial charge in [-0.3, -0.25) is 4.79 Å². The number of hydrogen-bond acceptors (Lipinski definition) is 2. The van der Waals surface area contributed by atoms with Gasteiger partial charge in [-0.05, 0) is 37.0 Å². The highest BCUT2D eigenvalue weighted by Gasteiger charge is 2.28. The molecule has 3 heteroatoms. The summed E-state index contributed by atoms with van der Waals surface area (Å²) < 4.78 is 0. The van der Waals surface area contributed by atoms with Crippen molar-refractivity contribution < 1.29 is 4.79 Å². The second kappa shape index (κ2) is 6.22. The summed E-state index contributed by atoms with van der Waals surface area (Å²) in [4.78, 5) is 14.1. The standard InChI is InChI=1S/C15H26N2O/c1-15(2,3)11-14(18)17(4)13-7-5-12(6-8-13)9-10-16/h12-13H,5-9,11H2,1-4H3. The highest BCUT2D eigenvalue weighted by molar-refractivity contribution is 5.76. The Bertz CT molecular complexity index is 316. The van der Waals surface area contributed by atoms with E-state index in [9.17, 15) is 4.79 Å². The van der Waals surface area contributed by atoms with Gasteiger partial charge in [0.05, 0.1) is 6.07 Å². The van der Waals surface area contributed by atoms with Crippen LogP contribution in [0.4, 0.5) is 0 Å². The molecule has 1 aliphatic carbocycles. The van der Waals surface area contributed by atoms with Crippen molar-refractivity contribution in [3.05, 3.63) is 0 Å². The van der Waals surface area contributed by atoms with Crippen LogP contribution in [0.1, 0.15) is 59.3 Å². The summed E-state index contributed by atoms with van der Waals surface area (Å²) in [6.45, 7) is 6.30. The normalized spacial score (nSPS) is 24.4. The first-order valence-electron chi connectivity index (χ1n) is 6.96. The van der Waals surface area contributed by atoms with Crippen LogP contribution in [0.2, 0.25) is 0 Å². The molecule has 0 aromatic rings. The summed E-state index contributed by atoms with van der Waals surface area (Å²) in [6, 6.07) is 2.64. The first kappa shape index (κ1) is 15.0. The molecule has 0 N–H and O–H groups in total. The lowest BCUT2D eigenvalue weighted by atomic mass is 9.83. The third kappa shape index (κ3) is 4.68. The first-order valence-corrected chi connectivity index (χ1v) is 6.96. The van der Waals surface area contributed by atoms with Crippen LogP contribution in [0, 0.1) is 22.7 Å². The van der Waals surface area contributed by atoms with Gasteiger partial charge in [0.15, 0.2) is 0 Å². The molecule has 1 saturated carbocycles. The zero-order valence-electron chi connectivity index (χ0n) is 12.2. The van der Waals surface area contributed by atoms with Crippen LogP contribution in [-0.4, -0.2) is 23.9 Å². The van der Waals surface area contributed by atoms with Gasteiger partial charge >= 0.3 is 0 Å². The number of amides is 1. The molecule has 1 amide bonds. The molecule has 0 bridgehead atoms. The van der Waals surface area contributed by atoms with E-state index in [1.54, 1.807) is 0 Å². The molecule has 0 aromatic carbocycles. The largest absolute Gasteiger partial charge is 0.343 e. The molecule has 102 valence electrons. The minimum absolute atomic E-state index is 0.0589. The van der Waals surface area contributed by atoms with E-state index in [1.807, 2.05) is 11.9 Å². The number of nitrogens with zero attached hydrogens (tertiary/aromatic N) is 2. The van der Waals surface area contributed by atoms with Crippen molar-refractivity contribution in [2.45, 2.75) is 65.3 Å². The molecule has 0 radical (unpaired) electrons. The Hall–Kier alpha value is -1.04. The summed E-state index contributed by atoms with van der Waals surface area (Å²) in [7, 11) is 1.93. The third-order valence-corrected chi connectivity index (χ3v) is 3.82. The Balaban J connectivity index is 2.43. The van der Waals surface area contributed by atoms with Gasteiger partial charge < -0.3 is 4.90 Å². The maximum Gasteiger partial charge on any atom is 0.223 e. The summed E-state index contributed by atoms with van der Waals surface area (Å²) in [6.07, 6.45) is 5.57. The molecule has 1 fully saturated rings. The monoisotopic (exact) mass is 250 g/mol. The van der Waals surface area contributed by atoms with Crippen molar-refractivity contribution in [3.8, 4) is 6.07 Å². The summed E-state index contributed by atoms with van der Waals surface area (Å²) in [5.41, 5.74) is 0.0589. The van der Waals surface area contributed by atoms with Crippen LogP contribution in [0.3, 0.4) is 0 Å². The molecular formula is C15H26N2O. The first-order chi connectivity index (χ1) is 8.33. The van der Waals surface area contributed by atoms with E-state index in [-0.39, 0.29) is 11.3 Å². The van der Waals surface area contributed by atoms with Gasteiger partial charge in [0.1, 0.15) is 0 Å². The number of rotatable bonds is 3. The lowest BCUT2D eigenvalue weighted by Crippen LogP contribution is -2.40. The van der Waals surface area contributed by atoms with E-state index in [1.165, 1.54) is 0 Å². The molecule has 0 aliphatic heterocycles. The lowest BCUT2D eigenvalue weighted by molar-refractivity contribution is -0.134. The zero-order valence-corrected chi connectivity index (χ0v) is 12.2. The lowest BCUT2D eigenvalue weighted by Gasteiger charge is -2.35. The third-order valence-electron chi connectivity index (χ3n) is 3.82. The van der Waals surface area contributed by atoms with Crippen molar-refractivity contribution in [1.29, 1.82) is 5.26 Å². The minimum Gasteiger partial charge on any atom is -0.343 e. The van der Waals surface area contributed by atoms with Crippen LogP contribution in [0.15, 0.2) is 0 Å². The predicted molar refractivity (Wildman–Crippen MR) is 72.8 cm³/mol. The fourth-order valence-corrected chi connectivity index (χ4v) is 2.65. The Morgan fingerprint density at radius 2 is 1.83 bits per heavy atom. The van der Waals surface area contributed by atoms with Crippen molar-refractivity contribution >= 4 is 5.91 Å². The van der Waals surface area contributed by atoms with Crippen molar-refractivity contribution in [2.75, 3.05) is 7.05 Å². The smallest absolute Gasteiger partial charge is 0.223 e. The highest BCUT2D eigenvalue weighted by atomic mass is 16.2. The molecular weight excluding hydrogens is 224 g/mol. The van der Waals surface area contributed by atoms with Crippen molar-refractivity contribution in [3.63, 3.8) is 0 Å². The molecule has 0 atom stereocenters. The molecule has 3 nitrogen and oxygen atoms in total.